The van der Waals surface area contributed by atoms with Crippen molar-refractivity contribution in [3.8, 4) is 0 Å². The number of rotatable bonds is 7. The molecule has 2 aromatic rings. The zero-order chi connectivity index (χ0) is 17.4. The average molecular weight is 338 g/mol. The number of amides is 1. The van der Waals surface area contributed by atoms with Crippen molar-refractivity contribution in [3.63, 3.8) is 0 Å². The molecule has 0 radical (unpaired) electrons. The first-order valence-corrected chi connectivity index (χ1v) is 8.70. The van der Waals surface area contributed by atoms with Gasteiger partial charge in [-0.1, -0.05) is 43.0 Å². The monoisotopic (exact) mass is 338 g/mol. The number of nitrogens with zero attached hydrogens (tertiary/aromatic N) is 2. The van der Waals surface area contributed by atoms with Crippen LogP contribution in [0.4, 0.5) is 0 Å². The van der Waals surface area contributed by atoms with Gasteiger partial charge in [0.25, 0.3) is 0 Å². The van der Waals surface area contributed by atoms with Crippen LogP contribution in [0.2, 0.25) is 0 Å². The van der Waals surface area contributed by atoms with E-state index < -0.39 is 0 Å². The number of carbonyl (C=O) groups is 1. The lowest BCUT2D eigenvalue weighted by Crippen LogP contribution is -2.27. The first-order valence-electron chi connectivity index (χ1n) is 7.76. The van der Waals surface area contributed by atoms with Gasteiger partial charge >= 0.3 is 0 Å². The van der Waals surface area contributed by atoms with Crippen molar-refractivity contribution >= 4 is 23.0 Å². The fourth-order valence-corrected chi connectivity index (χ4v) is 3.00. The average Bonchev–Trinajstić information content (AvgIpc) is 3.09. The molecule has 0 bridgehead atoms. The zero-order valence-electron chi connectivity index (χ0n) is 14.1. The molecule has 0 saturated heterocycles. The van der Waals surface area contributed by atoms with E-state index in [-0.39, 0.29) is 5.91 Å². The highest BCUT2D eigenvalue weighted by molar-refractivity contribution is 7.07. The summed E-state index contributed by atoms with van der Waals surface area (Å²) in [6.45, 7) is 6.54. The fourth-order valence-electron chi connectivity index (χ4n) is 2.34. The van der Waals surface area contributed by atoms with Gasteiger partial charge in [-0.25, -0.2) is 0 Å². The van der Waals surface area contributed by atoms with Gasteiger partial charge in [-0.15, -0.1) is 0 Å². The third kappa shape index (κ3) is 5.03. The lowest BCUT2D eigenvalue weighted by atomic mass is 10.1. The normalized spacial score (nSPS) is 11.7. The minimum atomic E-state index is 0.0787. The van der Waals surface area contributed by atoms with Gasteiger partial charge in [-0.05, 0) is 39.6 Å². The molecule has 4 heteroatoms. The topological polar surface area (TPSA) is 32.7 Å². The Morgan fingerprint density at radius 2 is 1.92 bits per heavy atom. The van der Waals surface area contributed by atoms with Crippen LogP contribution >= 0.6 is 11.3 Å². The molecular formula is C20H22N2OS. The quantitative estimate of drug-likeness (QED) is 0.542. The van der Waals surface area contributed by atoms with Gasteiger partial charge in [0.05, 0.1) is 5.71 Å². The number of allylic oxidation sites excluding steroid dienone is 3. The van der Waals surface area contributed by atoms with Crippen LogP contribution in [0.15, 0.2) is 70.9 Å². The maximum Gasteiger partial charge on any atom is 0.220 e. The third-order valence-electron chi connectivity index (χ3n) is 3.65. The summed E-state index contributed by atoms with van der Waals surface area (Å²) in [5.74, 6) is 0.0787. The van der Waals surface area contributed by atoms with Gasteiger partial charge < -0.3 is 4.90 Å². The molecule has 1 amide bonds. The van der Waals surface area contributed by atoms with Gasteiger partial charge in [0, 0.05) is 27.1 Å². The first-order chi connectivity index (χ1) is 11.6. The van der Waals surface area contributed by atoms with Crippen LogP contribution in [-0.2, 0) is 17.9 Å². The van der Waals surface area contributed by atoms with E-state index in [1.165, 1.54) is 5.56 Å². The van der Waals surface area contributed by atoms with E-state index in [1.54, 1.807) is 31.4 Å². The molecule has 3 nitrogen and oxygen atoms in total. The van der Waals surface area contributed by atoms with Gasteiger partial charge in [0.2, 0.25) is 5.91 Å². The summed E-state index contributed by atoms with van der Waals surface area (Å²) in [6, 6.07) is 10.2. The van der Waals surface area contributed by atoms with Crippen LogP contribution < -0.4 is 0 Å². The van der Waals surface area contributed by atoms with Crippen molar-refractivity contribution in [2.24, 2.45) is 4.99 Å². The molecule has 1 aromatic heterocycles. The SMILES string of the molecule is C=C/C=C\C(=N/C)c1ccc(CN(Cc2ccsc2)C(C)=O)cc1. The van der Waals surface area contributed by atoms with E-state index in [0.717, 1.165) is 16.8 Å². The van der Waals surface area contributed by atoms with E-state index >= 15 is 0 Å². The van der Waals surface area contributed by atoms with E-state index in [2.05, 4.69) is 23.0 Å². The number of benzene rings is 1. The molecule has 0 saturated carbocycles. The largest absolute Gasteiger partial charge is 0.334 e. The number of aliphatic imine (C=N–C) groups is 1. The lowest BCUT2D eigenvalue weighted by Gasteiger charge is -2.21. The number of hydrogen-bond donors (Lipinski definition) is 0. The second-order valence-electron chi connectivity index (χ2n) is 5.41. The minimum Gasteiger partial charge on any atom is -0.334 e. The summed E-state index contributed by atoms with van der Waals surface area (Å²) in [5.41, 5.74) is 4.23. The van der Waals surface area contributed by atoms with Crippen molar-refractivity contribution in [1.82, 2.24) is 4.90 Å². The van der Waals surface area contributed by atoms with Crippen LogP contribution in [0.5, 0.6) is 0 Å². The molecule has 2 rings (SSSR count). The van der Waals surface area contributed by atoms with E-state index in [9.17, 15) is 4.79 Å². The smallest absolute Gasteiger partial charge is 0.220 e. The van der Waals surface area contributed by atoms with E-state index in [1.807, 2.05) is 46.7 Å². The molecule has 1 heterocycles. The molecule has 0 N–H and O–H groups in total. The zero-order valence-corrected chi connectivity index (χ0v) is 14.9. The number of hydrogen-bond acceptors (Lipinski definition) is 3. The molecule has 0 aliphatic heterocycles. The molecule has 1 aromatic carbocycles. The second kappa shape index (κ2) is 8.99. The maximum absolute atomic E-state index is 11.9. The highest BCUT2D eigenvalue weighted by Crippen LogP contribution is 2.14. The Balaban J connectivity index is 2.10. The van der Waals surface area contributed by atoms with Crippen LogP contribution in [0.3, 0.4) is 0 Å². The minimum absolute atomic E-state index is 0.0787. The predicted octanol–water partition coefficient (Wildman–Crippen LogP) is 4.46. The molecule has 0 spiro atoms. The molecule has 0 unspecified atom stereocenters. The fraction of sp³-hybridized carbons (Fsp3) is 0.200. The molecule has 0 fully saturated rings. The summed E-state index contributed by atoms with van der Waals surface area (Å²) in [5, 5.41) is 4.11. The van der Waals surface area contributed by atoms with Crippen LogP contribution in [0, 0.1) is 0 Å². The Morgan fingerprint density at radius 1 is 1.21 bits per heavy atom. The molecule has 24 heavy (non-hydrogen) atoms. The van der Waals surface area contributed by atoms with Gasteiger partial charge in [-0.2, -0.15) is 11.3 Å². The highest BCUT2D eigenvalue weighted by Gasteiger charge is 2.11. The summed E-state index contributed by atoms with van der Waals surface area (Å²) < 4.78 is 0. The maximum atomic E-state index is 11.9. The van der Waals surface area contributed by atoms with Crippen molar-refractivity contribution in [1.29, 1.82) is 0 Å². The summed E-state index contributed by atoms with van der Waals surface area (Å²) in [6.07, 6.45) is 5.53. The van der Waals surface area contributed by atoms with Crippen molar-refractivity contribution in [3.05, 3.63) is 82.6 Å². The Morgan fingerprint density at radius 3 is 2.46 bits per heavy atom. The standard InChI is InChI=1S/C20H22N2OS/c1-4-5-6-20(21-3)19-9-7-17(8-10-19)13-22(16(2)23)14-18-11-12-24-15-18/h4-12,15H,1,13-14H2,2-3H3/b6-5-,21-20+. The molecular weight excluding hydrogens is 316 g/mol. The Hall–Kier alpha value is -2.46. The summed E-state index contributed by atoms with van der Waals surface area (Å²) >= 11 is 1.65. The number of carbonyl (C=O) groups excluding carboxylic acids is 1. The Kier molecular flexibility index (Phi) is 6.70. The summed E-state index contributed by atoms with van der Waals surface area (Å²) in [4.78, 5) is 18.0. The third-order valence-corrected chi connectivity index (χ3v) is 4.39. The Labute approximate surface area is 147 Å². The lowest BCUT2D eigenvalue weighted by molar-refractivity contribution is -0.130. The number of thiophene rings is 1. The first kappa shape index (κ1) is 17.9. The predicted molar refractivity (Wildman–Crippen MR) is 102 cm³/mol. The van der Waals surface area contributed by atoms with E-state index in [0.29, 0.717) is 13.1 Å². The molecule has 124 valence electrons. The van der Waals surface area contributed by atoms with Gasteiger partial charge in [0.1, 0.15) is 0 Å². The molecule has 0 aliphatic carbocycles. The van der Waals surface area contributed by atoms with Crippen LogP contribution in [0.1, 0.15) is 23.6 Å². The second-order valence-corrected chi connectivity index (χ2v) is 6.19. The van der Waals surface area contributed by atoms with E-state index in [4.69, 9.17) is 0 Å². The molecule has 0 atom stereocenters. The molecule has 0 aliphatic rings. The Bertz CT molecular complexity index is 728. The van der Waals surface area contributed by atoms with Crippen LogP contribution in [0.25, 0.3) is 0 Å². The van der Waals surface area contributed by atoms with Gasteiger partial charge in [-0.3, -0.25) is 9.79 Å². The summed E-state index contributed by atoms with van der Waals surface area (Å²) in [7, 11) is 1.77. The van der Waals surface area contributed by atoms with Crippen LogP contribution in [-0.4, -0.2) is 23.6 Å². The highest BCUT2D eigenvalue weighted by atomic mass is 32.1. The van der Waals surface area contributed by atoms with Crippen molar-refractivity contribution < 1.29 is 4.79 Å². The van der Waals surface area contributed by atoms with Gasteiger partial charge in [0.15, 0.2) is 0 Å². The van der Waals surface area contributed by atoms with Crippen molar-refractivity contribution in [2.75, 3.05) is 7.05 Å². The van der Waals surface area contributed by atoms with Crippen molar-refractivity contribution in [2.45, 2.75) is 20.0 Å².